The van der Waals surface area contributed by atoms with Gasteiger partial charge in [0, 0.05) is 43.3 Å². The van der Waals surface area contributed by atoms with E-state index in [9.17, 15) is 0 Å². The Morgan fingerprint density at radius 3 is 1.86 bits per heavy atom. The van der Waals surface area contributed by atoms with E-state index in [1.807, 2.05) is 0 Å². The van der Waals surface area contributed by atoms with Crippen LogP contribution in [0.4, 0.5) is 0 Å². The molecule has 8 aromatic carbocycles. The summed E-state index contributed by atoms with van der Waals surface area (Å²) in [5.41, 5.74) is 8.86. The summed E-state index contributed by atoms with van der Waals surface area (Å²) in [4.78, 5) is 11.0. The molecule has 0 N–H and O–H groups in total. The van der Waals surface area contributed by atoms with Crippen molar-refractivity contribution in [3.63, 3.8) is 0 Å². The fourth-order valence-electron chi connectivity index (χ4n) is 8.71. The van der Waals surface area contributed by atoms with Gasteiger partial charge in [0.15, 0.2) is 0 Å². The topological polar surface area (TPSA) is 35.1 Å². The maximum atomic E-state index is 5.53. The maximum absolute atomic E-state index is 5.53. The van der Waals surface area contributed by atoms with Crippen molar-refractivity contribution >= 4 is 92.3 Å². The Kier molecular flexibility index (Phi) is 4.94. The Bertz CT molecular complexity index is 3370. The lowest BCUT2D eigenvalue weighted by atomic mass is 10.0. The molecular weight excluding hydrogens is 609 g/mol. The maximum Gasteiger partial charge on any atom is 0.235 e. The zero-order valence-corrected chi connectivity index (χ0v) is 26.8. The normalized spacial score (nSPS) is 12.4. The first-order valence-electron chi connectivity index (χ1n) is 17.1. The van der Waals surface area contributed by atoms with Crippen LogP contribution in [0.1, 0.15) is 0 Å². The number of benzene rings is 8. The van der Waals surface area contributed by atoms with Crippen molar-refractivity contribution in [3.8, 4) is 17.2 Å². The lowest BCUT2D eigenvalue weighted by molar-refractivity contribution is 1.02. The number of aromatic nitrogens is 4. The quantitative estimate of drug-likeness (QED) is 0.177. The average molecular weight is 635 g/mol. The third kappa shape index (κ3) is 3.30. The Hall–Kier alpha value is -6.78. The van der Waals surface area contributed by atoms with Crippen LogP contribution in [0.3, 0.4) is 0 Å². The highest BCUT2D eigenvalue weighted by Crippen LogP contribution is 2.47. The summed E-state index contributed by atoms with van der Waals surface area (Å²) >= 11 is 0. The van der Waals surface area contributed by atoms with Crippen LogP contribution in [-0.4, -0.2) is 18.9 Å². The fraction of sp³-hybridized carbons (Fsp3) is 0. The summed E-state index contributed by atoms with van der Waals surface area (Å²) < 4.78 is 4.78. The zero-order chi connectivity index (χ0) is 32.5. The van der Waals surface area contributed by atoms with E-state index in [0.29, 0.717) is 5.95 Å². The molecule has 0 radical (unpaired) electrons. The third-order valence-electron chi connectivity index (χ3n) is 10.8. The second-order valence-corrected chi connectivity index (χ2v) is 13.4. The SMILES string of the molecule is c1ccc(-c2nc(-n3c4cc5ccccc5cc4c4c5c6ccccc6n6c7ccccc7c(cc43)c56)nc3ccc4ccccc4c23)cc1. The smallest absolute Gasteiger partial charge is 0.235 e. The summed E-state index contributed by atoms with van der Waals surface area (Å²) in [6.45, 7) is 0. The van der Waals surface area contributed by atoms with E-state index in [-0.39, 0.29) is 0 Å². The number of hydrogen-bond donors (Lipinski definition) is 0. The number of nitrogens with zero attached hydrogens (tertiary/aromatic N) is 4. The first-order chi connectivity index (χ1) is 24.8. The summed E-state index contributed by atoms with van der Waals surface area (Å²) in [6, 6.07) is 56.8. The lowest BCUT2D eigenvalue weighted by Gasteiger charge is -2.14. The predicted octanol–water partition coefficient (Wildman–Crippen LogP) is 11.9. The van der Waals surface area contributed by atoms with Gasteiger partial charge in [-0.3, -0.25) is 4.57 Å². The van der Waals surface area contributed by atoms with Gasteiger partial charge in [-0.05, 0) is 57.9 Å². The molecule has 4 heterocycles. The number of hydrogen-bond acceptors (Lipinski definition) is 2. The molecule has 0 spiro atoms. The van der Waals surface area contributed by atoms with E-state index in [1.165, 1.54) is 65.0 Å². The van der Waals surface area contributed by atoms with Gasteiger partial charge in [-0.25, -0.2) is 9.97 Å². The molecule has 0 unspecified atom stereocenters. The molecule has 0 aliphatic rings. The predicted molar refractivity (Wildman–Crippen MR) is 209 cm³/mol. The van der Waals surface area contributed by atoms with Crippen LogP contribution in [0.25, 0.3) is 110 Å². The van der Waals surface area contributed by atoms with Crippen LogP contribution in [0.15, 0.2) is 158 Å². The number of rotatable bonds is 2. The van der Waals surface area contributed by atoms with Crippen molar-refractivity contribution in [2.45, 2.75) is 0 Å². The van der Waals surface area contributed by atoms with E-state index >= 15 is 0 Å². The van der Waals surface area contributed by atoms with Gasteiger partial charge in [0.2, 0.25) is 5.95 Å². The lowest BCUT2D eigenvalue weighted by Crippen LogP contribution is -2.04. The van der Waals surface area contributed by atoms with Crippen molar-refractivity contribution < 1.29 is 0 Å². The Balaban J connectivity index is 1.33. The molecule has 0 aliphatic heterocycles. The second kappa shape index (κ2) is 9.43. The first kappa shape index (κ1) is 26.2. The van der Waals surface area contributed by atoms with E-state index in [0.717, 1.165) is 38.6 Å². The molecule has 0 bridgehead atoms. The van der Waals surface area contributed by atoms with Crippen LogP contribution >= 0.6 is 0 Å². The number of para-hydroxylation sites is 2. The Labute approximate surface area is 285 Å². The van der Waals surface area contributed by atoms with Gasteiger partial charge in [-0.15, -0.1) is 0 Å². The monoisotopic (exact) mass is 634 g/mol. The molecule has 50 heavy (non-hydrogen) atoms. The van der Waals surface area contributed by atoms with Gasteiger partial charge < -0.3 is 4.40 Å². The molecule has 4 nitrogen and oxygen atoms in total. The first-order valence-corrected chi connectivity index (χ1v) is 17.1. The van der Waals surface area contributed by atoms with Gasteiger partial charge in [-0.1, -0.05) is 121 Å². The van der Waals surface area contributed by atoms with Crippen LogP contribution in [0.2, 0.25) is 0 Å². The highest BCUT2D eigenvalue weighted by atomic mass is 15.2. The van der Waals surface area contributed by atoms with Gasteiger partial charge in [-0.2, -0.15) is 0 Å². The minimum Gasteiger partial charge on any atom is -0.308 e. The molecule has 4 aromatic heterocycles. The van der Waals surface area contributed by atoms with Crippen LogP contribution in [0.5, 0.6) is 0 Å². The number of fused-ring (bicyclic) bond motifs is 14. The molecule has 0 aliphatic carbocycles. The van der Waals surface area contributed by atoms with E-state index in [4.69, 9.17) is 9.97 Å². The minimum absolute atomic E-state index is 0.670. The molecule has 0 saturated carbocycles. The highest BCUT2D eigenvalue weighted by Gasteiger charge is 2.25. The molecule has 0 saturated heterocycles. The van der Waals surface area contributed by atoms with Crippen molar-refractivity contribution in [2.24, 2.45) is 0 Å². The molecule has 12 aromatic rings. The minimum atomic E-state index is 0.670. The van der Waals surface area contributed by atoms with Gasteiger partial charge >= 0.3 is 0 Å². The van der Waals surface area contributed by atoms with Gasteiger partial charge in [0.1, 0.15) is 0 Å². The largest absolute Gasteiger partial charge is 0.308 e. The zero-order valence-electron chi connectivity index (χ0n) is 26.8. The summed E-state index contributed by atoms with van der Waals surface area (Å²) in [5.74, 6) is 0.670. The van der Waals surface area contributed by atoms with Gasteiger partial charge in [0.25, 0.3) is 0 Å². The highest BCUT2D eigenvalue weighted by molar-refractivity contribution is 6.36. The molecular formula is C46H26N4. The Morgan fingerprint density at radius 2 is 1.04 bits per heavy atom. The summed E-state index contributed by atoms with van der Waals surface area (Å²) in [7, 11) is 0. The third-order valence-corrected chi connectivity index (χ3v) is 10.8. The summed E-state index contributed by atoms with van der Waals surface area (Å²) in [6.07, 6.45) is 0. The molecule has 230 valence electrons. The molecule has 12 rings (SSSR count). The molecule has 4 heteroatoms. The average Bonchev–Trinajstić information content (AvgIpc) is 3.81. The molecule has 0 atom stereocenters. The van der Waals surface area contributed by atoms with Crippen molar-refractivity contribution in [2.75, 3.05) is 0 Å². The standard InChI is InChI=1S/C46H26N4/c1-2-13-28(14-3-1)44-41-31-17-7-6-12-27(31)22-23-36(41)47-46(48-44)50-39-25-30-16-5-4-15-29(30)24-35(39)42-40(50)26-34-32-18-8-10-20-37(32)49-38-21-11-9-19-33(38)43(42)45(34)49/h1-26H. The molecule has 0 amide bonds. The second-order valence-electron chi connectivity index (χ2n) is 13.4. The summed E-state index contributed by atoms with van der Waals surface area (Å²) in [5, 5.41) is 13.3. The Morgan fingerprint density at radius 1 is 0.380 bits per heavy atom. The fourth-order valence-corrected chi connectivity index (χ4v) is 8.71. The van der Waals surface area contributed by atoms with Crippen LogP contribution in [0, 0.1) is 0 Å². The van der Waals surface area contributed by atoms with Crippen molar-refractivity contribution in [1.82, 2.24) is 18.9 Å². The van der Waals surface area contributed by atoms with Crippen molar-refractivity contribution in [1.29, 1.82) is 0 Å². The van der Waals surface area contributed by atoms with E-state index in [2.05, 4.69) is 167 Å². The molecule has 0 fully saturated rings. The van der Waals surface area contributed by atoms with Gasteiger partial charge in [0.05, 0.1) is 38.8 Å². The van der Waals surface area contributed by atoms with Crippen molar-refractivity contribution in [3.05, 3.63) is 158 Å². The van der Waals surface area contributed by atoms with Crippen LogP contribution in [-0.2, 0) is 0 Å². The van der Waals surface area contributed by atoms with E-state index in [1.54, 1.807) is 0 Å². The van der Waals surface area contributed by atoms with Crippen LogP contribution < -0.4 is 0 Å². The van der Waals surface area contributed by atoms with E-state index < -0.39 is 0 Å².